The van der Waals surface area contributed by atoms with Crippen LogP contribution in [0.1, 0.15) is 52.9 Å². The molecule has 1 aliphatic rings. The summed E-state index contributed by atoms with van der Waals surface area (Å²) in [6, 6.07) is -0.277. The second-order valence-electron chi connectivity index (χ2n) is 6.78. The second kappa shape index (κ2) is 9.03. The number of aryl methyl sites for hydroxylation is 1. The molecule has 150 valence electrons. The van der Waals surface area contributed by atoms with Crippen LogP contribution in [0.5, 0.6) is 0 Å². The van der Waals surface area contributed by atoms with Crippen molar-refractivity contribution >= 4 is 17.8 Å². The highest BCUT2D eigenvalue weighted by molar-refractivity contribution is 6.03. The number of rotatable bonds is 6. The molecule has 2 rings (SSSR count). The number of amides is 1. The Morgan fingerprint density at radius 2 is 1.70 bits per heavy atom. The second-order valence-corrected chi connectivity index (χ2v) is 6.78. The summed E-state index contributed by atoms with van der Waals surface area (Å²) < 4.78 is 10.1. The third-order valence-corrected chi connectivity index (χ3v) is 5.10. The van der Waals surface area contributed by atoms with E-state index < -0.39 is 5.97 Å². The van der Waals surface area contributed by atoms with Gasteiger partial charge in [-0.1, -0.05) is 0 Å². The monoisotopic (exact) mass is 380 g/mol. The molecule has 1 saturated heterocycles. The van der Waals surface area contributed by atoms with Gasteiger partial charge in [0, 0.05) is 5.69 Å². The summed E-state index contributed by atoms with van der Waals surface area (Å²) in [7, 11) is 0. The van der Waals surface area contributed by atoms with Crippen LogP contribution in [0.3, 0.4) is 0 Å². The number of nitrogens with one attached hydrogen (secondary N) is 2. The summed E-state index contributed by atoms with van der Waals surface area (Å²) >= 11 is 0. The number of esters is 1. The Balaban J connectivity index is 2.07. The van der Waals surface area contributed by atoms with Crippen molar-refractivity contribution in [1.82, 2.24) is 9.88 Å². The number of ketones is 1. The van der Waals surface area contributed by atoms with Crippen LogP contribution in [0, 0.1) is 13.8 Å². The predicted molar refractivity (Wildman–Crippen MR) is 99.3 cm³/mol. The number of ether oxygens (including phenoxy) is 2. The van der Waals surface area contributed by atoms with Gasteiger partial charge in [-0.3, -0.25) is 9.69 Å². The number of aromatic nitrogens is 1. The highest BCUT2D eigenvalue weighted by Gasteiger charge is 2.34. The van der Waals surface area contributed by atoms with Crippen molar-refractivity contribution in [3.63, 3.8) is 0 Å². The average molecular weight is 380 g/mol. The van der Waals surface area contributed by atoms with Crippen molar-refractivity contribution < 1.29 is 28.8 Å². The van der Waals surface area contributed by atoms with Crippen molar-refractivity contribution in [3.8, 4) is 0 Å². The predicted octanol–water partition coefficient (Wildman–Crippen LogP) is 0.736. The van der Waals surface area contributed by atoms with E-state index in [1.165, 1.54) is 0 Å². The number of aromatic amines is 1. The Hall–Kier alpha value is -2.35. The van der Waals surface area contributed by atoms with Crippen molar-refractivity contribution in [2.24, 2.45) is 0 Å². The van der Waals surface area contributed by atoms with E-state index in [1.54, 1.807) is 32.6 Å². The van der Waals surface area contributed by atoms with E-state index in [9.17, 15) is 14.4 Å². The van der Waals surface area contributed by atoms with Crippen LogP contribution in [0.4, 0.5) is 4.79 Å². The maximum Gasteiger partial charge on any atom is 0.410 e. The van der Waals surface area contributed by atoms with Gasteiger partial charge in [0.25, 0.3) is 0 Å². The summed E-state index contributed by atoms with van der Waals surface area (Å²) in [4.78, 5) is 42.8. The molecular formula is C19H30N3O5+. The fraction of sp³-hybridized carbons (Fsp3) is 0.632. The minimum absolute atomic E-state index is 0.0364. The quantitative estimate of drug-likeness (QED) is 0.561. The van der Waals surface area contributed by atoms with E-state index in [0.29, 0.717) is 55.3 Å². The smallest absolute Gasteiger partial charge is 0.410 e. The largest absolute Gasteiger partial charge is 0.462 e. The van der Waals surface area contributed by atoms with Crippen LogP contribution in [0.25, 0.3) is 0 Å². The summed E-state index contributed by atoms with van der Waals surface area (Å²) in [5, 5.41) is 0. The van der Waals surface area contributed by atoms with E-state index in [0.717, 1.165) is 4.90 Å². The van der Waals surface area contributed by atoms with Gasteiger partial charge in [-0.25, -0.2) is 9.59 Å². The molecule has 0 spiro atoms. The van der Waals surface area contributed by atoms with Crippen LogP contribution in [0.2, 0.25) is 0 Å². The normalized spacial score (nSPS) is 16.1. The number of H-pyrrole nitrogens is 1. The van der Waals surface area contributed by atoms with E-state index in [4.69, 9.17) is 9.47 Å². The first-order valence-corrected chi connectivity index (χ1v) is 9.48. The van der Waals surface area contributed by atoms with E-state index >= 15 is 0 Å². The highest BCUT2D eigenvalue weighted by Crippen LogP contribution is 2.20. The fourth-order valence-corrected chi connectivity index (χ4v) is 3.53. The standard InChI is InChI=1S/C19H29N3O5/c1-6-26-18(24)15-12(3)16(20-13(15)4)17(23)14(5)21-8-10-22(11-9-21)19(25)27-7-2/h14,20H,6-11H2,1-5H3/p+1/t14-/m0/s1. The molecule has 1 amide bonds. The number of quaternary nitrogens is 1. The highest BCUT2D eigenvalue weighted by atomic mass is 16.6. The lowest BCUT2D eigenvalue weighted by Gasteiger charge is -2.34. The Labute approximate surface area is 159 Å². The molecule has 0 saturated carbocycles. The lowest BCUT2D eigenvalue weighted by molar-refractivity contribution is -0.917. The number of carbonyl (C=O) groups is 3. The van der Waals surface area contributed by atoms with Gasteiger partial charge in [0.15, 0.2) is 6.04 Å². The molecule has 1 aromatic heterocycles. The van der Waals surface area contributed by atoms with Gasteiger partial charge in [0.1, 0.15) is 0 Å². The zero-order valence-corrected chi connectivity index (χ0v) is 16.8. The Kier molecular flexibility index (Phi) is 7.01. The van der Waals surface area contributed by atoms with Gasteiger partial charge in [0.05, 0.1) is 50.7 Å². The van der Waals surface area contributed by atoms with E-state index in [1.807, 2.05) is 6.92 Å². The lowest BCUT2D eigenvalue weighted by atomic mass is 10.0. The molecule has 27 heavy (non-hydrogen) atoms. The fourth-order valence-electron chi connectivity index (χ4n) is 3.53. The van der Waals surface area contributed by atoms with E-state index in [2.05, 4.69) is 4.98 Å². The van der Waals surface area contributed by atoms with Crippen LogP contribution < -0.4 is 4.90 Å². The van der Waals surface area contributed by atoms with Crippen molar-refractivity contribution in [2.75, 3.05) is 39.4 Å². The summed E-state index contributed by atoms with van der Waals surface area (Å²) in [5.41, 5.74) is 2.17. The molecule has 1 aliphatic heterocycles. The number of piperazine rings is 1. The lowest BCUT2D eigenvalue weighted by Crippen LogP contribution is -3.18. The van der Waals surface area contributed by atoms with Gasteiger partial charge in [-0.2, -0.15) is 0 Å². The van der Waals surface area contributed by atoms with Crippen LogP contribution in [-0.4, -0.2) is 73.2 Å². The molecule has 0 aromatic carbocycles. The number of hydrogen-bond acceptors (Lipinski definition) is 5. The number of carbonyl (C=O) groups excluding carboxylic acids is 3. The first-order chi connectivity index (χ1) is 12.8. The molecule has 0 bridgehead atoms. The SMILES string of the molecule is CCOC(=O)c1c(C)[nH]c(C(=O)[C@H](C)[NH+]2CCN(C(=O)OCC)CC2)c1C. The molecule has 2 N–H and O–H groups in total. The molecule has 0 radical (unpaired) electrons. The van der Waals surface area contributed by atoms with Crippen molar-refractivity contribution in [2.45, 2.75) is 40.7 Å². The van der Waals surface area contributed by atoms with Gasteiger partial charge in [-0.05, 0) is 40.2 Å². The summed E-state index contributed by atoms with van der Waals surface area (Å²) in [5.74, 6) is -0.448. The summed E-state index contributed by atoms with van der Waals surface area (Å²) in [6.45, 7) is 12.1. The van der Waals surface area contributed by atoms with Crippen molar-refractivity contribution in [3.05, 3.63) is 22.5 Å². The van der Waals surface area contributed by atoms with Gasteiger partial charge in [-0.15, -0.1) is 0 Å². The zero-order valence-electron chi connectivity index (χ0n) is 16.8. The molecule has 8 nitrogen and oxygen atoms in total. The third-order valence-electron chi connectivity index (χ3n) is 5.10. The maximum atomic E-state index is 13.0. The molecule has 8 heteroatoms. The molecule has 0 aliphatic carbocycles. The zero-order chi connectivity index (χ0) is 20.1. The Morgan fingerprint density at radius 3 is 2.26 bits per heavy atom. The van der Waals surface area contributed by atoms with Gasteiger partial charge < -0.3 is 19.4 Å². The van der Waals surface area contributed by atoms with Crippen LogP contribution >= 0.6 is 0 Å². The third kappa shape index (κ3) is 4.50. The topological polar surface area (TPSA) is 93.1 Å². The average Bonchev–Trinajstić information content (AvgIpc) is 2.95. The number of Topliss-reactive ketones (excluding diaryl/α,β-unsaturated/α-hetero) is 1. The first-order valence-electron chi connectivity index (χ1n) is 9.48. The maximum absolute atomic E-state index is 13.0. The Bertz CT molecular complexity index is 704. The van der Waals surface area contributed by atoms with E-state index in [-0.39, 0.29) is 24.5 Å². The molecule has 1 aromatic rings. The molecule has 1 atom stereocenters. The number of nitrogens with zero attached hydrogens (tertiary/aromatic N) is 1. The molecule has 0 unspecified atom stereocenters. The van der Waals surface area contributed by atoms with Gasteiger partial charge in [0.2, 0.25) is 5.78 Å². The molecule has 1 fully saturated rings. The van der Waals surface area contributed by atoms with Crippen LogP contribution in [-0.2, 0) is 9.47 Å². The Morgan fingerprint density at radius 1 is 1.11 bits per heavy atom. The molecular weight excluding hydrogens is 350 g/mol. The van der Waals surface area contributed by atoms with Crippen LogP contribution in [0.15, 0.2) is 0 Å². The summed E-state index contributed by atoms with van der Waals surface area (Å²) in [6.07, 6.45) is -0.301. The van der Waals surface area contributed by atoms with Gasteiger partial charge >= 0.3 is 12.1 Å². The number of hydrogen-bond donors (Lipinski definition) is 2. The minimum atomic E-state index is -0.411. The minimum Gasteiger partial charge on any atom is -0.462 e. The first kappa shape index (κ1) is 21.0. The molecule has 2 heterocycles. The van der Waals surface area contributed by atoms with Crippen molar-refractivity contribution in [1.29, 1.82) is 0 Å².